The van der Waals surface area contributed by atoms with E-state index in [2.05, 4.69) is 17.2 Å². The number of carbonyl (C=O) groups excluding carboxylic acids is 1. The molecule has 0 aromatic heterocycles. The van der Waals surface area contributed by atoms with Crippen molar-refractivity contribution in [1.82, 2.24) is 5.32 Å². The van der Waals surface area contributed by atoms with Gasteiger partial charge in [-0.05, 0) is 30.3 Å². The van der Waals surface area contributed by atoms with Crippen molar-refractivity contribution in [3.8, 4) is 0 Å². The van der Waals surface area contributed by atoms with E-state index in [4.69, 9.17) is 0 Å². The molecule has 0 radical (unpaired) electrons. The minimum Gasteiger partial charge on any atom is -0.381 e. The normalized spacial score (nSPS) is 9.95. The van der Waals surface area contributed by atoms with Gasteiger partial charge in [0, 0.05) is 29.9 Å². The van der Waals surface area contributed by atoms with Crippen LogP contribution >= 0.6 is 0 Å². The number of hydrogen-bond donors (Lipinski definition) is 2. The van der Waals surface area contributed by atoms with Crippen LogP contribution in [0, 0.1) is 5.82 Å². The number of nitrogens with one attached hydrogen (secondary N) is 2. The maximum Gasteiger partial charge on any atom is 0.251 e. The molecule has 2 aromatic rings. The topological polar surface area (TPSA) is 41.1 Å². The first-order valence-electron chi connectivity index (χ1n) is 6.67. The van der Waals surface area contributed by atoms with Gasteiger partial charge in [0.1, 0.15) is 5.82 Å². The Bertz CT molecular complexity index is 623. The fourth-order valence-corrected chi connectivity index (χ4v) is 1.85. The van der Waals surface area contributed by atoms with Crippen LogP contribution in [0.1, 0.15) is 15.9 Å². The summed E-state index contributed by atoms with van der Waals surface area (Å²) >= 11 is 0. The van der Waals surface area contributed by atoms with Gasteiger partial charge in [-0.1, -0.05) is 24.3 Å². The summed E-state index contributed by atoms with van der Waals surface area (Å²) in [5.74, 6) is -0.374. The predicted molar refractivity (Wildman–Crippen MR) is 82.7 cm³/mol. The van der Waals surface area contributed by atoms with E-state index in [-0.39, 0.29) is 11.7 Å². The molecule has 0 unspecified atom stereocenters. The Hall–Kier alpha value is -2.62. The first-order chi connectivity index (χ1) is 10.2. The van der Waals surface area contributed by atoms with Crippen LogP contribution in [0.5, 0.6) is 0 Å². The lowest BCUT2D eigenvalue weighted by Gasteiger charge is -2.08. The second-order valence-corrected chi connectivity index (χ2v) is 4.52. The van der Waals surface area contributed by atoms with Crippen molar-refractivity contribution in [3.63, 3.8) is 0 Å². The van der Waals surface area contributed by atoms with E-state index in [0.29, 0.717) is 24.2 Å². The molecular formula is C17H17FN2O. The van der Waals surface area contributed by atoms with Gasteiger partial charge in [0.2, 0.25) is 0 Å². The Labute approximate surface area is 123 Å². The molecule has 0 spiro atoms. The average molecular weight is 284 g/mol. The molecule has 0 atom stereocenters. The van der Waals surface area contributed by atoms with E-state index in [0.717, 1.165) is 5.69 Å². The van der Waals surface area contributed by atoms with Gasteiger partial charge in [-0.15, -0.1) is 6.58 Å². The Morgan fingerprint density at radius 3 is 2.52 bits per heavy atom. The number of carbonyl (C=O) groups is 1. The van der Waals surface area contributed by atoms with Crippen LogP contribution in [0.15, 0.2) is 61.2 Å². The second kappa shape index (κ2) is 7.24. The Balaban J connectivity index is 1.95. The SMILES string of the molecule is C=CCNC(=O)c1ccc(NCc2ccccc2F)cc1. The predicted octanol–water partition coefficient (Wildman–Crippen LogP) is 3.35. The highest BCUT2D eigenvalue weighted by molar-refractivity contribution is 5.94. The largest absolute Gasteiger partial charge is 0.381 e. The Morgan fingerprint density at radius 2 is 1.86 bits per heavy atom. The number of amides is 1. The van der Waals surface area contributed by atoms with E-state index in [1.165, 1.54) is 6.07 Å². The summed E-state index contributed by atoms with van der Waals surface area (Å²) in [4.78, 5) is 11.7. The van der Waals surface area contributed by atoms with E-state index in [1.54, 1.807) is 48.5 Å². The van der Waals surface area contributed by atoms with Crippen molar-refractivity contribution < 1.29 is 9.18 Å². The third kappa shape index (κ3) is 4.18. The quantitative estimate of drug-likeness (QED) is 0.799. The van der Waals surface area contributed by atoms with Gasteiger partial charge in [0.05, 0.1) is 0 Å². The summed E-state index contributed by atoms with van der Waals surface area (Å²) in [6.07, 6.45) is 1.63. The molecule has 2 rings (SSSR count). The van der Waals surface area contributed by atoms with Crippen LogP contribution in [-0.2, 0) is 6.54 Å². The first-order valence-corrected chi connectivity index (χ1v) is 6.67. The molecule has 2 aromatic carbocycles. The lowest BCUT2D eigenvalue weighted by atomic mass is 10.1. The van der Waals surface area contributed by atoms with Crippen LogP contribution in [0.25, 0.3) is 0 Å². The lowest BCUT2D eigenvalue weighted by Crippen LogP contribution is -2.23. The summed E-state index contributed by atoms with van der Waals surface area (Å²) in [6.45, 7) is 4.38. The molecule has 108 valence electrons. The maximum absolute atomic E-state index is 13.5. The number of rotatable bonds is 6. The number of hydrogen-bond acceptors (Lipinski definition) is 2. The average Bonchev–Trinajstić information content (AvgIpc) is 2.52. The molecular weight excluding hydrogens is 267 g/mol. The van der Waals surface area contributed by atoms with Crippen molar-refractivity contribution in [2.24, 2.45) is 0 Å². The van der Waals surface area contributed by atoms with Gasteiger partial charge in [-0.2, -0.15) is 0 Å². The third-order valence-corrected chi connectivity index (χ3v) is 2.99. The van der Waals surface area contributed by atoms with E-state index in [1.807, 2.05) is 0 Å². The molecule has 0 saturated heterocycles. The zero-order valence-corrected chi connectivity index (χ0v) is 11.6. The number of anilines is 1. The zero-order chi connectivity index (χ0) is 15.1. The monoisotopic (exact) mass is 284 g/mol. The van der Waals surface area contributed by atoms with Crippen molar-refractivity contribution in [3.05, 3.63) is 78.1 Å². The maximum atomic E-state index is 13.5. The molecule has 3 nitrogen and oxygen atoms in total. The van der Waals surface area contributed by atoms with E-state index in [9.17, 15) is 9.18 Å². The highest BCUT2D eigenvalue weighted by Crippen LogP contribution is 2.13. The van der Waals surface area contributed by atoms with Crippen molar-refractivity contribution in [1.29, 1.82) is 0 Å². The summed E-state index contributed by atoms with van der Waals surface area (Å²) in [5.41, 5.74) is 2.01. The zero-order valence-electron chi connectivity index (χ0n) is 11.6. The van der Waals surface area contributed by atoms with Gasteiger partial charge < -0.3 is 10.6 Å². The number of halogens is 1. The fraction of sp³-hybridized carbons (Fsp3) is 0.118. The summed E-state index contributed by atoms with van der Waals surface area (Å²) in [7, 11) is 0. The number of benzene rings is 2. The van der Waals surface area contributed by atoms with Gasteiger partial charge in [-0.3, -0.25) is 4.79 Å². The molecule has 2 N–H and O–H groups in total. The molecule has 0 bridgehead atoms. The van der Waals surface area contributed by atoms with E-state index >= 15 is 0 Å². The minimum atomic E-state index is -0.231. The third-order valence-electron chi connectivity index (χ3n) is 2.99. The first kappa shape index (κ1) is 14.8. The van der Waals surface area contributed by atoms with Crippen LogP contribution in [0.4, 0.5) is 10.1 Å². The van der Waals surface area contributed by atoms with Crippen LogP contribution in [0.2, 0.25) is 0 Å². The lowest BCUT2D eigenvalue weighted by molar-refractivity contribution is 0.0958. The molecule has 1 amide bonds. The van der Waals surface area contributed by atoms with Crippen molar-refractivity contribution in [2.75, 3.05) is 11.9 Å². The summed E-state index contributed by atoms with van der Waals surface area (Å²) in [5, 5.41) is 5.83. The van der Waals surface area contributed by atoms with Crippen LogP contribution < -0.4 is 10.6 Å². The molecule has 4 heteroatoms. The second-order valence-electron chi connectivity index (χ2n) is 4.52. The van der Waals surface area contributed by atoms with Gasteiger partial charge >= 0.3 is 0 Å². The molecule has 0 aliphatic rings. The Morgan fingerprint density at radius 1 is 1.14 bits per heavy atom. The molecule has 0 fully saturated rings. The van der Waals surface area contributed by atoms with Crippen molar-refractivity contribution in [2.45, 2.75) is 6.54 Å². The van der Waals surface area contributed by atoms with Crippen molar-refractivity contribution >= 4 is 11.6 Å². The molecule has 0 heterocycles. The van der Waals surface area contributed by atoms with Crippen LogP contribution in [-0.4, -0.2) is 12.5 Å². The van der Waals surface area contributed by atoms with Gasteiger partial charge in [0.25, 0.3) is 5.91 Å². The van der Waals surface area contributed by atoms with Crippen LogP contribution in [0.3, 0.4) is 0 Å². The highest BCUT2D eigenvalue weighted by Gasteiger charge is 2.04. The van der Waals surface area contributed by atoms with Gasteiger partial charge in [0.15, 0.2) is 0 Å². The van der Waals surface area contributed by atoms with Gasteiger partial charge in [-0.25, -0.2) is 4.39 Å². The molecule has 0 saturated carbocycles. The molecule has 0 aliphatic heterocycles. The molecule has 21 heavy (non-hydrogen) atoms. The summed E-state index contributed by atoms with van der Waals surface area (Å²) in [6, 6.07) is 13.7. The fourth-order valence-electron chi connectivity index (χ4n) is 1.85. The highest BCUT2D eigenvalue weighted by atomic mass is 19.1. The van der Waals surface area contributed by atoms with E-state index < -0.39 is 0 Å². The summed E-state index contributed by atoms with van der Waals surface area (Å²) < 4.78 is 13.5. The molecule has 0 aliphatic carbocycles. The smallest absolute Gasteiger partial charge is 0.251 e. The minimum absolute atomic E-state index is 0.143. The standard InChI is InChI=1S/C17H17FN2O/c1-2-11-19-17(21)13-7-9-15(10-8-13)20-12-14-5-3-4-6-16(14)18/h2-10,20H,1,11-12H2,(H,19,21). The Kier molecular flexibility index (Phi) is 5.10.